The van der Waals surface area contributed by atoms with Crippen molar-refractivity contribution in [2.45, 2.75) is 36.1 Å². The molecule has 0 atom stereocenters. The van der Waals surface area contributed by atoms with Crippen LogP contribution in [0.25, 0.3) is 0 Å². The second-order valence-electron chi connectivity index (χ2n) is 4.87. The van der Waals surface area contributed by atoms with E-state index in [1.165, 1.54) is 0 Å². The third kappa shape index (κ3) is 3.88. The summed E-state index contributed by atoms with van der Waals surface area (Å²) in [5.74, 6) is 0.699. The molecule has 1 aromatic rings. The van der Waals surface area contributed by atoms with Gasteiger partial charge < -0.3 is 10.4 Å². The SMILES string of the molecule is O=C(CCSc1ccccc1Cl)NC1(CO)CCC1. The monoisotopic (exact) mass is 299 g/mol. The van der Waals surface area contributed by atoms with Crippen LogP contribution in [0.2, 0.25) is 5.02 Å². The molecule has 2 N–H and O–H groups in total. The first-order valence-corrected chi connectivity index (χ1v) is 7.81. The standard InChI is InChI=1S/C14H18ClNO2S/c15-11-4-1-2-5-12(11)19-9-6-13(18)16-14(10-17)7-3-8-14/h1-2,4-5,17H,3,6-10H2,(H,16,18). The van der Waals surface area contributed by atoms with Gasteiger partial charge in [0.15, 0.2) is 0 Å². The zero-order valence-corrected chi connectivity index (χ0v) is 12.3. The molecule has 5 heteroatoms. The summed E-state index contributed by atoms with van der Waals surface area (Å²) in [5.41, 5.74) is -0.341. The van der Waals surface area contributed by atoms with Crippen LogP contribution in [-0.2, 0) is 4.79 Å². The van der Waals surface area contributed by atoms with Crippen LogP contribution in [0.15, 0.2) is 29.2 Å². The molecule has 1 fully saturated rings. The molecule has 104 valence electrons. The van der Waals surface area contributed by atoms with Crippen molar-refractivity contribution in [3.63, 3.8) is 0 Å². The van der Waals surface area contributed by atoms with E-state index in [4.69, 9.17) is 11.6 Å². The summed E-state index contributed by atoms with van der Waals surface area (Å²) in [6.45, 7) is 0.0381. The number of carbonyl (C=O) groups excluding carboxylic acids is 1. The Morgan fingerprint density at radius 3 is 2.74 bits per heavy atom. The van der Waals surface area contributed by atoms with Crippen LogP contribution in [0.1, 0.15) is 25.7 Å². The Morgan fingerprint density at radius 2 is 2.16 bits per heavy atom. The average Bonchev–Trinajstić information content (AvgIpc) is 2.36. The van der Waals surface area contributed by atoms with Crippen LogP contribution in [0, 0.1) is 0 Å². The number of hydrogen-bond donors (Lipinski definition) is 2. The number of thioether (sulfide) groups is 1. The van der Waals surface area contributed by atoms with Crippen LogP contribution in [0.3, 0.4) is 0 Å². The molecule has 1 aliphatic carbocycles. The van der Waals surface area contributed by atoms with Crippen molar-refractivity contribution < 1.29 is 9.90 Å². The Bertz CT molecular complexity index is 443. The highest BCUT2D eigenvalue weighted by atomic mass is 35.5. The summed E-state index contributed by atoms with van der Waals surface area (Å²) in [7, 11) is 0. The van der Waals surface area contributed by atoms with Crippen LogP contribution in [0.4, 0.5) is 0 Å². The van der Waals surface area contributed by atoms with E-state index in [0.717, 1.165) is 29.2 Å². The molecule has 1 amide bonds. The summed E-state index contributed by atoms with van der Waals surface area (Å²) in [6.07, 6.45) is 3.28. The second kappa shape index (κ2) is 6.64. The number of amides is 1. The molecule has 1 aromatic carbocycles. The van der Waals surface area contributed by atoms with Crippen molar-refractivity contribution in [1.82, 2.24) is 5.32 Å². The third-order valence-electron chi connectivity index (χ3n) is 3.44. The predicted octanol–water partition coefficient (Wildman–Crippen LogP) is 2.85. The van der Waals surface area contributed by atoms with Gasteiger partial charge in [-0.05, 0) is 31.4 Å². The molecular weight excluding hydrogens is 282 g/mol. The van der Waals surface area contributed by atoms with Crippen LogP contribution in [0.5, 0.6) is 0 Å². The first kappa shape index (κ1) is 14.7. The summed E-state index contributed by atoms with van der Waals surface area (Å²) in [5, 5.41) is 13.0. The summed E-state index contributed by atoms with van der Waals surface area (Å²) in [6, 6.07) is 7.62. The van der Waals surface area contributed by atoms with E-state index < -0.39 is 0 Å². The largest absolute Gasteiger partial charge is 0.394 e. The maximum Gasteiger partial charge on any atom is 0.221 e. The van der Waals surface area contributed by atoms with Gasteiger partial charge in [0.05, 0.1) is 17.2 Å². The molecule has 3 nitrogen and oxygen atoms in total. The smallest absolute Gasteiger partial charge is 0.221 e. The van der Waals surface area contributed by atoms with Crippen LogP contribution >= 0.6 is 23.4 Å². The number of benzene rings is 1. The summed E-state index contributed by atoms with van der Waals surface area (Å²) < 4.78 is 0. The molecule has 1 aliphatic rings. The lowest BCUT2D eigenvalue weighted by Gasteiger charge is -2.41. The zero-order chi connectivity index (χ0) is 13.7. The number of carbonyl (C=O) groups is 1. The minimum atomic E-state index is -0.341. The van der Waals surface area contributed by atoms with E-state index >= 15 is 0 Å². The third-order valence-corrected chi connectivity index (χ3v) is 4.96. The molecule has 1 saturated carbocycles. The molecule has 2 rings (SSSR count). The molecule has 0 heterocycles. The van der Waals surface area contributed by atoms with E-state index in [9.17, 15) is 9.90 Å². The highest BCUT2D eigenvalue weighted by molar-refractivity contribution is 7.99. The molecular formula is C14H18ClNO2S. The molecule has 0 radical (unpaired) electrons. The number of rotatable bonds is 6. The Hall–Kier alpha value is -0.710. The Morgan fingerprint density at radius 1 is 1.42 bits per heavy atom. The van der Waals surface area contributed by atoms with Gasteiger partial charge in [0.1, 0.15) is 0 Å². The lowest BCUT2D eigenvalue weighted by Crippen LogP contribution is -2.56. The predicted molar refractivity (Wildman–Crippen MR) is 78.6 cm³/mol. The van der Waals surface area contributed by atoms with Gasteiger partial charge in [0.2, 0.25) is 5.91 Å². The fourth-order valence-corrected chi connectivity index (χ4v) is 3.29. The van der Waals surface area contributed by atoms with E-state index in [-0.39, 0.29) is 18.1 Å². The van der Waals surface area contributed by atoms with Gasteiger partial charge in [0.25, 0.3) is 0 Å². The fourth-order valence-electron chi connectivity index (χ4n) is 2.10. The number of halogens is 1. The van der Waals surface area contributed by atoms with Gasteiger partial charge in [-0.1, -0.05) is 23.7 Å². The van der Waals surface area contributed by atoms with Crippen molar-refractivity contribution >= 4 is 29.3 Å². The second-order valence-corrected chi connectivity index (χ2v) is 6.41. The minimum Gasteiger partial charge on any atom is -0.394 e. The van der Waals surface area contributed by atoms with Crippen molar-refractivity contribution in [2.24, 2.45) is 0 Å². The van der Waals surface area contributed by atoms with Crippen molar-refractivity contribution in [3.8, 4) is 0 Å². The zero-order valence-electron chi connectivity index (χ0n) is 10.7. The lowest BCUT2D eigenvalue weighted by atomic mass is 9.77. The summed E-state index contributed by atoms with van der Waals surface area (Å²) >= 11 is 7.62. The topological polar surface area (TPSA) is 49.3 Å². The normalized spacial score (nSPS) is 16.7. The van der Waals surface area contributed by atoms with E-state index in [1.54, 1.807) is 11.8 Å². The Labute approximate surface area is 122 Å². The number of aliphatic hydroxyl groups excluding tert-OH is 1. The van der Waals surface area contributed by atoms with Gasteiger partial charge in [-0.15, -0.1) is 11.8 Å². The van der Waals surface area contributed by atoms with E-state index in [1.807, 2.05) is 24.3 Å². The van der Waals surface area contributed by atoms with Gasteiger partial charge >= 0.3 is 0 Å². The molecule has 0 bridgehead atoms. The molecule has 0 unspecified atom stereocenters. The molecule has 0 aliphatic heterocycles. The fraction of sp³-hybridized carbons (Fsp3) is 0.500. The van der Waals surface area contributed by atoms with E-state index in [2.05, 4.69) is 5.32 Å². The highest BCUT2D eigenvalue weighted by Gasteiger charge is 2.37. The first-order valence-electron chi connectivity index (χ1n) is 6.44. The maximum absolute atomic E-state index is 11.8. The van der Waals surface area contributed by atoms with Gasteiger partial charge in [0, 0.05) is 17.1 Å². The summed E-state index contributed by atoms with van der Waals surface area (Å²) in [4.78, 5) is 12.8. The van der Waals surface area contributed by atoms with Crippen LogP contribution in [-0.4, -0.2) is 28.9 Å². The van der Waals surface area contributed by atoms with Crippen molar-refractivity contribution in [1.29, 1.82) is 0 Å². The number of aliphatic hydroxyl groups is 1. The Kier molecular flexibility index (Phi) is 5.13. The maximum atomic E-state index is 11.8. The minimum absolute atomic E-state index is 0.00769. The first-order chi connectivity index (χ1) is 9.15. The number of hydrogen-bond acceptors (Lipinski definition) is 3. The number of nitrogens with one attached hydrogen (secondary N) is 1. The molecule has 0 spiro atoms. The quantitative estimate of drug-likeness (QED) is 0.794. The molecule has 19 heavy (non-hydrogen) atoms. The van der Waals surface area contributed by atoms with Crippen LogP contribution < -0.4 is 5.32 Å². The molecule has 0 aromatic heterocycles. The Balaban J connectivity index is 1.74. The van der Waals surface area contributed by atoms with Gasteiger partial charge in [-0.3, -0.25) is 4.79 Å². The van der Waals surface area contributed by atoms with E-state index in [0.29, 0.717) is 12.2 Å². The highest BCUT2D eigenvalue weighted by Crippen LogP contribution is 2.31. The van der Waals surface area contributed by atoms with Gasteiger partial charge in [-0.2, -0.15) is 0 Å². The lowest BCUT2D eigenvalue weighted by molar-refractivity contribution is -0.124. The average molecular weight is 300 g/mol. The molecule has 0 saturated heterocycles. The van der Waals surface area contributed by atoms with Crippen molar-refractivity contribution in [2.75, 3.05) is 12.4 Å². The van der Waals surface area contributed by atoms with Gasteiger partial charge in [-0.25, -0.2) is 0 Å². The van der Waals surface area contributed by atoms with Crippen molar-refractivity contribution in [3.05, 3.63) is 29.3 Å².